The summed E-state index contributed by atoms with van der Waals surface area (Å²) >= 11 is 6.49. The molecule has 4 rings (SSSR count). The highest BCUT2D eigenvalue weighted by Gasteiger charge is 2.34. The summed E-state index contributed by atoms with van der Waals surface area (Å²) in [5.74, 6) is 2.10. The number of hydrogen-bond acceptors (Lipinski definition) is 5. The molecule has 1 saturated heterocycles. The van der Waals surface area contributed by atoms with Crippen molar-refractivity contribution in [3.8, 4) is 5.75 Å². The summed E-state index contributed by atoms with van der Waals surface area (Å²) in [6, 6.07) is 18.5. The van der Waals surface area contributed by atoms with E-state index in [4.69, 9.17) is 25.6 Å². The zero-order valence-corrected chi connectivity index (χ0v) is 18.1. The molecule has 3 aromatic rings. The topological polar surface area (TPSA) is 47.7 Å². The Labute approximate surface area is 182 Å². The molecule has 158 valence electrons. The lowest BCUT2D eigenvalue weighted by atomic mass is 9.95. The van der Waals surface area contributed by atoms with E-state index in [2.05, 4.69) is 28.3 Å². The monoisotopic (exact) mass is 426 g/mol. The Morgan fingerprint density at radius 1 is 1.10 bits per heavy atom. The van der Waals surface area contributed by atoms with Crippen LogP contribution in [0.1, 0.15) is 22.6 Å². The maximum Gasteiger partial charge on any atom is 0.137 e. The molecule has 1 aromatic heterocycles. The highest BCUT2D eigenvalue weighted by Crippen LogP contribution is 2.29. The molecule has 0 radical (unpaired) electrons. The first kappa shape index (κ1) is 20.9. The molecule has 0 saturated carbocycles. The van der Waals surface area contributed by atoms with Gasteiger partial charge in [0.15, 0.2) is 0 Å². The number of methoxy groups -OCH3 is 1. The van der Waals surface area contributed by atoms with Crippen LogP contribution in [0.2, 0.25) is 5.02 Å². The van der Waals surface area contributed by atoms with Crippen LogP contribution in [0.5, 0.6) is 5.75 Å². The van der Waals surface area contributed by atoms with Gasteiger partial charge in [0, 0.05) is 42.6 Å². The molecule has 1 aliphatic heterocycles. The van der Waals surface area contributed by atoms with Gasteiger partial charge in [0.25, 0.3) is 0 Å². The van der Waals surface area contributed by atoms with Crippen LogP contribution in [0.25, 0.3) is 0 Å². The van der Waals surface area contributed by atoms with Gasteiger partial charge >= 0.3 is 0 Å². The van der Waals surface area contributed by atoms with Crippen molar-refractivity contribution in [1.82, 2.24) is 10.1 Å². The first-order chi connectivity index (χ1) is 14.6. The third-order valence-corrected chi connectivity index (χ3v) is 6.02. The second-order valence-electron chi connectivity index (χ2n) is 7.85. The van der Waals surface area contributed by atoms with Crippen LogP contribution in [-0.4, -0.2) is 36.4 Å². The Kier molecular flexibility index (Phi) is 6.72. The van der Waals surface area contributed by atoms with Crippen molar-refractivity contribution in [3.63, 3.8) is 0 Å². The minimum absolute atomic E-state index is 0.258. The molecule has 0 aliphatic carbocycles. The van der Waals surface area contributed by atoms with Crippen molar-refractivity contribution >= 4 is 11.6 Å². The Morgan fingerprint density at radius 2 is 1.90 bits per heavy atom. The maximum atomic E-state index is 6.49. The van der Waals surface area contributed by atoms with E-state index in [9.17, 15) is 0 Å². The van der Waals surface area contributed by atoms with E-state index >= 15 is 0 Å². The summed E-state index contributed by atoms with van der Waals surface area (Å²) < 4.78 is 16.7. The average molecular weight is 427 g/mol. The highest BCUT2D eigenvalue weighted by atomic mass is 35.5. The van der Waals surface area contributed by atoms with Crippen LogP contribution in [0.15, 0.2) is 59.1 Å². The molecule has 1 fully saturated rings. The predicted octanol–water partition coefficient (Wildman–Crippen LogP) is 4.90. The molecule has 0 unspecified atom stereocenters. The molecular formula is C24H27ClN2O3. The van der Waals surface area contributed by atoms with Crippen LogP contribution >= 0.6 is 11.6 Å². The first-order valence-corrected chi connectivity index (χ1v) is 10.6. The van der Waals surface area contributed by atoms with Gasteiger partial charge in [-0.1, -0.05) is 47.1 Å². The van der Waals surface area contributed by atoms with Gasteiger partial charge in [0.2, 0.25) is 0 Å². The predicted molar refractivity (Wildman–Crippen MR) is 117 cm³/mol. The van der Waals surface area contributed by atoms with Crippen LogP contribution in [0, 0.1) is 12.8 Å². The van der Waals surface area contributed by atoms with E-state index in [-0.39, 0.29) is 6.04 Å². The van der Waals surface area contributed by atoms with E-state index < -0.39 is 0 Å². The van der Waals surface area contributed by atoms with E-state index in [1.807, 2.05) is 43.3 Å². The minimum Gasteiger partial charge on any atom is -0.497 e. The van der Waals surface area contributed by atoms with Crippen molar-refractivity contribution in [1.29, 1.82) is 0 Å². The summed E-state index contributed by atoms with van der Waals surface area (Å²) in [6.07, 6.45) is 0.813. The molecule has 30 heavy (non-hydrogen) atoms. The highest BCUT2D eigenvalue weighted by molar-refractivity contribution is 6.31. The summed E-state index contributed by atoms with van der Waals surface area (Å²) in [4.78, 5) is 2.46. The van der Waals surface area contributed by atoms with Crippen LogP contribution in [0.4, 0.5) is 0 Å². The normalized spacial score (nSPS) is 18.8. The lowest BCUT2D eigenvalue weighted by molar-refractivity contribution is 0.127. The van der Waals surface area contributed by atoms with Crippen LogP contribution < -0.4 is 4.74 Å². The van der Waals surface area contributed by atoms with Gasteiger partial charge in [-0.15, -0.1) is 0 Å². The Hall–Kier alpha value is -2.34. The number of aryl methyl sites for hydroxylation is 1. The van der Waals surface area contributed by atoms with Crippen molar-refractivity contribution in [2.45, 2.75) is 32.5 Å². The third kappa shape index (κ3) is 5.04. The zero-order valence-electron chi connectivity index (χ0n) is 17.4. The second kappa shape index (κ2) is 9.65. The smallest absolute Gasteiger partial charge is 0.137 e. The van der Waals surface area contributed by atoms with Crippen molar-refractivity contribution in [3.05, 3.63) is 82.2 Å². The Bertz CT molecular complexity index is 957. The third-order valence-electron chi connectivity index (χ3n) is 5.65. The fourth-order valence-corrected chi connectivity index (χ4v) is 4.25. The summed E-state index contributed by atoms with van der Waals surface area (Å²) in [6.45, 7) is 4.91. The molecule has 2 aromatic carbocycles. The van der Waals surface area contributed by atoms with E-state index in [0.717, 1.165) is 47.3 Å². The van der Waals surface area contributed by atoms with Crippen molar-refractivity contribution in [2.24, 2.45) is 5.92 Å². The fourth-order valence-electron chi connectivity index (χ4n) is 4.06. The number of rotatable bonds is 8. The fraction of sp³-hybridized carbons (Fsp3) is 0.375. The number of ether oxygens (including phenoxy) is 2. The number of nitrogens with zero attached hydrogens (tertiary/aromatic N) is 2. The Morgan fingerprint density at radius 3 is 2.60 bits per heavy atom. The lowest BCUT2D eigenvalue weighted by Crippen LogP contribution is -2.40. The largest absolute Gasteiger partial charge is 0.497 e. The molecule has 0 bridgehead atoms. The molecule has 0 amide bonds. The van der Waals surface area contributed by atoms with Crippen LogP contribution in [-0.2, 0) is 24.2 Å². The molecule has 6 heteroatoms. The minimum atomic E-state index is 0.258. The summed E-state index contributed by atoms with van der Waals surface area (Å²) in [7, 11) is 1.68. The zero-order chi connectivity index (χ0) is 20.9. The van der Waals surface area contributed by atoms with Gasteiger partial charge in [0.1, 0.15) is 11.5 Å². The van der Waals surface area contributed by atoms with Crippen LogP contribution in [0.3, 0.4) is 0 Å². The van der Waals surface area contributed by atoms with Gasteiger partial charge < -0.3 is 14.0 Å². The second-order valence-corrected chi connectivity index (χ2v) is 8.26. The molecule has 2 atom stereocenters. The SMILES string of the molecule is COc1ccc(CN(Cc2ccccc2Cl)[C@@H]2COC[C@H]2Cc2cc(C)no2)cc1. The van der Waals surface area contributed by atoms with Gasteiger partial charge in [-0.25, -0.2) is 0 Å². The molecule has 2 heterocycles. The lowest BCUT2D eigenvalue weighted by Gasteiger charge is -2.32. The molecule has 0 N–H and O–H groups in total. The van der Waals surface area contributed by atoms with Crippen molar-refractivity contribution < 1.29 is 14.0 Å². The standard InChI is InChI=1S/C24H27ClN2O3/c1-17-11-22(30-26-17)12-20-15-29-16-24(20)27(14-19-5-3-4-6-23(19)25)13-18-7-9-21(28-2)10-8-18/h3-11,20,24H,12-16H2,1-2H3/t20-,24-/m1/s1. The quantitative estimate of drug-likeness (QED) is 0.512. The summed E-state index contributed by atoms with van der Waals surface area (Å²) in [5, 5.41) is 4.82. The number of hydrogen-bond donors (Lipinski definition) is 0. The summed E-state index contributed by atoms with van der Waals surface area (Å²) in [5.41, 5.74) is 3.25. The Balaban J connectivity index is 1.56. The molecular weight excluding hydrogens is 400 g/mol. The van der Waals surface area contributed by atoms with Crippen molar-refractivity contribution in [2.75, 3.05) is 20.3 Å². The molecule has 0 spiro atoms. The van der Waals surface area contributed by atoms with Gasteiger partial charge in [-0.3, -0.25) is 4.90 Å². The van der Waals surface area contributed by atoms with Gasteiger partial charge in [-0.05, 0) is 36.2 Å². The van der Waals surface area contributed by atoms with E-state index in [1.54, 1.807) is 7.11 Å². The molecule has 1 aliphatic rings. The van der Waals surface area contributed by atoms with Gasteiger partial charge in [0.05, 0.1) is 26.0 Å². The average Bonchev–Trinajstić information content (AvgIpc) is 3.38. The van der Waals surface area contributed by atoms with E-state index in [1.165, 1.54) is 5.56 Å². The number of benzene rings is 2. The molecule has 5 nitrogen and oxygen atoms in total. The number of halogens is 1. The number of aromatic nitrogens is 1. The maximum absolute atomic E-state index is 6.49. The van der Waals surface area contributed by atoms with E-state index in [0.29, 0.717) is 19.1 Å². The first-order valence-electron chi connectivity index (χ1n) is 10.2. The van der Waals surface area contributed by atoms with Gasteiger partial charge in [-0.2, -0.15) is 0 Å².